The highest BCUT2D eigenvalue weighted by Crippen LogP contribution is 2.49. The number of likely N-dealkylation sites (N-methyl/N-ethyl adjacent to an activating group) is 2. The van der Waals surface area contributed by atoms with Crippen LogP contribution in [0.15, 0.2) is 67.5 Å². The van der Waals surface area contributed by atoms with Gasteiger partial charge in [-0.2, -0.15) is 0 Å². The standard InChI is InChI=1S/C29H35N7O2.C6H10/c1-7-27(37)32-24-17-20(18-26(38-8-2)28(24)35(5)16-15-34(3)4)31-29-30-14-13-23(33-29)22-19-36(6)25-12-10-9-11-21(22)25;1-2-6-4-3-5(1)6/h7,9-14,17-19H,1,8,15-16H2,2-6H3,(H,32,37)(H,30,31,33);5-6H,1-4H2. The number of aryl methyl sites for hydroxylation is 1. The Balaban J connectivity index is 0.000000561. The number of nitrogens with zero attached hydrogens (tertiary/aromatic N) is 5. The summed E-state index contributed by atoms with van der Waals surface area (Å²) < 4.78 is 8.12. The molecule has 232 valence electrons. The molecule has 0 atom stereocenters. The molecule has 1 amide bonds. The molecule has 6 rings (SSSR count). The molecule has 44 heavy (non-hydrogen) atoms. The van der Waals surface area contributed by atoms with Crippen molar-refractivity contribution in [2.45, 2.75) is 32.6 Å². The molecule has 0 aliphatic heterocycles. The zero-order valence-electron chi connectivity index (χ0n) is 26.6. The minimum absolute atomic E-state index is 0.305. The lowest BCUT2D eigenvalue weighted by molar-refractivity contribution is -0.111. The molecule has 2 aromatic heterocycles. The van der Waals surface area contributed by atoms with Gasteiger partial charge in [0, 0.05) is 67.8 Å². The number of aromatic nitrogens is 3. The molecule has 4 aromatic rings. The van der Waals surface area contributed by atoms with Crippen molar-refractivity contribution >= 4 is 39.8 Å². The molecule has 0 radical (unpaired) electrons. The van der Waals surface area contributed by atoms with Crippen LogP contribution in [0.1, 0.15) is 32.6 Å². The van der Waals surface area contributed by atoms with Crippen molar-refractivity contribution in [1.82, 2.24) is 19.4 Å². The van der Waals surface area contributed by atoms with Crippen molar-refractivity contribution in [3.63, 3.8) is 0 Å². The van der Waals surface area contributed by atoms with Gasteiger partial charge in [-0.3, -0.25) is 4.79 Å². The Morgan fingerprint density at radius 1 is 1.09 bits per heavy atom. The summed E-state index contributed by atoms with van der Waals surface area (Å²) in [7, 11) is 8.06. The summed E-state index contributed by atoms with van der Waals surface area (Å²) in [6.07, 6.45) is 11.3. The van der Waals surface area contributed by atoms with E-state index in [1.54, 1.807) is 31.9 Å². The van der Waals surface area contributed by atoms with Crippen LogP contribution in [0.3, 0.4) is 0 Å². The van der Waals surface area contributed by atoms with Crippen molar-refractivity contribution in [1.29, 1.82) is 0 Å². The molecule has 2 aliphatic carbocycles. The van der Waals surface area contributed by atoms with Crippen molar-refractivity contribution in [2.24, 2.45) is 18.9 Å². The number of para-hydroxylation sites is 1. The summed E-state index contributed by atoms with van der Waals surface area (Å²) in [6, 6.07) is 13.9. The Kier molecular flexibility index (Phi) is 9.85. The smallest absolute Gasteiger partial charge is 0.247 e. The van der Waals surface area contributed by atoms with Crippen LogP contribution in [-0.4, -0.2) is 66.2 Å². The van der Waals surface area contributed by atoms with E-state index in [1.807, 2.05) is 65.4 Å². The molecule has 0 bridgehead atoms. The molecule has 2 aromatic carbocycles. The second-order valence-corrected chi connectivity index (χ2v) is 12.0. The minimum atomic E-state index is -0.305. The summed E-state index contributed by atoms with van der Waals surface area (Å²) >= 11 is 0. The average Bonchev–Trinajstić information content (AvgIpc) is 3.34. The maximum absolute atomic E-state index is 12.3. The number of nitrogens with one attached hydrogen (secondary N) is 2. The first-order valence-corrected chi connectivity index (χ1v) is 15.5. The number of hydrogen-bond donors (Lipinski definition) is 2. The third-order valence-corrected chi connectivity index (χ3v) is 8.65. The highest BCUT2D eigenvalue weighted by atomic mass is 16.5. The maximum atomic E-state index is 12.3. The Bertz CT molecular complexity index is 1590. The van der Waals surface area contributed by atoms with E-state index in [1.165, 1.54) is 17.9 Å². The molecule has 2 saturated carbocycles. The normalized spacial score (nSPS) is 16.6. The molecule has 0 spiro atoms. The van der Waals surface area contributed by atoms with Gasteiger partial charge in [-0.05, 0) is 82.8 Å². The molecule has 2 N–H and O–H groups in total. The van der Waals surface area contributed by atoms with E-state index >= 15 is 0 Å². The van der Waals surface area contributed by atoms with Gasteiger partial charge in [-0.1, -0.05) is 24.8 Å². The maximum Gasteiger partial charge on any atom is 0.247 e. The summed E-state index contributed by atoms with van der Waals surface area (Å²) in [4.78, 5) is 25.7. The van der Waals surface area contributed by atoms with Crippen molar-refractivity contribution in [3.8, 4) is 17.0 Å². The zero-order valence-corrected chi connectivity index (χ0v) is 26.6. The number of rotatable bonds is 11. The lowest BCUT2D eigenvalue weighted by Gasteiger charge is -2.46. The largest absolute Gasteiger partial charge is 0.492 e. The molecule has 0 saturated heterocycles. The number of benzene rings is 2. The summed E-state index contributed by atoms with van der Waals surface area (Å²) in [5, 5.41) is 7.36. The van der Waals surface area contributed by atoms with Gasteiger partial charge in [0.15, 0.2) is 0 Å². The van der Waals surface area contributed by atoms with Crippen molar-refractivity contribution in [3.05, 3.63) is 67.5 Å². The minimum Gasteiger partial charge on any atom is -0.492 e. The zero-order chi connectivity index (χ0) is 31.2. The number of ether oxygens (including phenoxy) is 1. The fraction of sp³-hybridized carbons (Fsp3) is 0.400. The number of anilines is 4. The molecule has 2 heterocycles. The van der Waals surface area contributed by atoms with Crippen LogP contribution in [0.5, 0.6) is 5.75 Å². The monoisotopic (exact) mass is 595 g/mol. The summed E-state index contributed by atoms with van der Waals surface area (Å²) in [5.74, 6) is 3.20. The third-order valence-electron chi connectivity index (χ3n) is 8.65. The lowest BCUT2D eigenvalue weighted by Crippen LogP contribution is -2.34. The number of carbonyl (C=O) groups excluding carboxylic acids is 1. The predicted molar refractivity (Wildman–Crippen MR) is 181 cm³/mol. The number of hydrogen-bond acceptors (Lipinski definition) is 7. The third kappa shape index (κ3) is 7.05. The van der Waals surface area contributed by atoms with Gasteiger partial charge in [-0.25, -0.2) is 9.97 Å². The Morgan fingerprint density at radius 3 is 2.45 bits per heavy atom. The van der Waals surface area contributed by atoms with E-state index in [0.29, 0.717) is 29.7 Å². The fourth-order valence-electron chi connectivity index (χ4n) is 5.89. The number of carbonyl (C=O) groups is 1. The predicted octanol–water partition coefficient (Wildman–Crippen LogP) is 6.71. The second kappa shape index (κ2) is 13.9. The van der Waals surface area contributed by atoms with Crippen LogP contribution >= 0.6 is 0 Å². The Labute approximate surface area is 260 Å². The second-order valence-electron chi connectivity index (χ2n) is 12.0. The van der Waals surface area contributed by atoms with Gasteiger partial charge in [-0.15, -0.1) is 0 Å². The van der Waals surface area contributed by atoms with E-state index < -0.39 is 0 Å². The van der Waals surface area contributed by atoms with Gasteiger partial charge in [0.1, 0.15) is 11.4 Å². The van der Waals surface area contributed by atoms with Gasteiger partial charge in [0.2, 0.25) is 11.9 Å². The van der Waals surface area contributed by atoms with Crippen LogP contribution < -0.4 is 20.3 Å². The highest BCUT2D eigenvalue weighted by Gasteiger charge is 2.37. The number of amides is 1. The van der Waals surface area contributed by atoms with E-state index in [9.17, 15) is 4.79 Å². The topological polar surface area (TPSA) is 87.5 Å². The van der Waals surface area contributed by atoms with E-state index in [2.05, 4.69) is 54.9 Å². The molecule has 0 unspecified atom stereocenters. The van der Waals surface area contributed by atoms with Gasteiger partial charge < -0.3 is 29.7 Å². The quantitative estimate of drug-likeness (QED) is 0.187. The summed E-state index contributed by atoms with van der Waals surface area (Å²) in [5.41, 5.74) is 5.06. The molecular formula is C35H45N7O2. The highest BCUT2D eigenvalue weighted by molar-refractivity contribution is 6.02. The van der Waals surface area contributed by atoms with Crippen LogP contribution in [0.4, 0.5) is 23.0 Å². The molecule has 9 nitrogen and oxygen atoms in total. The Hall–Kier alpha value is -4.37. The van der Waals surface area contributed by atoms with Crippen molar-refractivity contribution < 1.29 is 9.53 Å². The van der Waals surface area contributed by atoms with Gasteiger partial charge >= 0.3 is 0 Å². The van der Waals surface area contributed by atoms with Crippen molar-refractivity contribution in [2.75, 3.05) is 56.4 Å². The van der Waals surface area contributed by atoms with E-state index in [-0.39, 0.29) is 5.91 Å². The lowest BCUT2D eigenvalue weighted by atomic mass is 9.60. The first kappa shape index (κ1) is 31.1. The average molecular weight is 596 g/mol. The molecule has 2 fully saturated rings. The summed E-state index contributed by atoms with van der Waals surface area (Å²) in [6.45, 7) is 7.59. The first-order chi connectivity index (χ1) is 21.3. The molecular weight excluding hydrogens is 550 g/mol. The number of fused-ring (bicyclic) bond motifs is 2. The van der Waals surface area contributed by atoms with Crippen LogP contribution in [0.2, 0.25) is 0 Å². The molecule has 9 heteroatoms. The van der Waals surface area contributed by atoms with Gasteiger partial charge in [0.05, 0.1) is 18.0 Å². The Morgan fingerprint density at radius 2 is 1.82 bits per heavy atom. The fourth-order valence-corrected chi connectivity index (χ4v) is 5.89. The SMILES string of the molecule is C1CC2CCC12.C=CC(=O)Nc1cc(Nc2nccc(-c3cn(C)c4ccccc34)n2)cc(OCC)c1N(C)CCN(C)C. The van der Waals surface area contributed by atoms with E-state index in [0.717, 1.165) is 40.9 Å². The van der Waals surface area contributed by atoms with Crippen LogP contribution in [0.25, 0.3) is 22.2 Å². The van der Waals surface area contributed by atoms with E-state index in [4.69, 9.17) is 9.72 Å². The molecule has 2 aliphatic rings. The van der Waals surface area contributed by atoms with Crippen LogP contribution in [-0.2, 0) is 11.8 Å². The first-order valence-electron chi connectivity index (χ1n) is 15.5. The van der Waals surface area contributed by atoms with Gasteiger partial charge in [0.25, 0.3) is 0 Å². The van der Waals surface area contributed by atoms with Crippen LogP contribution in [0, 0.1) is 11.8 Å².